The Morgan fingerprint density at radius 3 is 1.56 bits per heavy atom. The molecule has 2 amide bonds. The lowest BCUT2D eigenvalue weighted by Crippen LogP contribution is -2.46. The van der Waals surface area contributed by atoms with Crippen LogP contribution in [0.4, 0.5) is 11.4 Å². The number of ether oxygens (including phenoxy) is 4. The molecule has 0 unspecified atom stereocenters. The first-order chi connectivity index (χ1) is 21.9. The van der Waals surface area contributed by atoms with Crippen LogP contribution in [0.2, 0.25) is 5.02 Å². The average molecular weight is 630 g/mol. The van der Waals surface area contributed by atoms with Crippen molar-refractivity contribution < 1.29 is 28.5 Å². The molecule has 4 aromatic carbocycles. The first kappa shape index (κ1) is 31.7. The number of hydrogen-bond acceptors (Lipinski definition) is 8. The van der Waals surface area contributed by atoms with E-state index in [0.29, 0.717) is 5.69 Å². The second-order valence-electron chi connectivity index (χ2n) is 10.4. The van der Waals surface area contributed by atoms with Gasteiger partial charge < -0.3 is 23.8 Å². The monoisotopic (exact) mass is 629 g/mol. The number of anilines is 2. The Hall–Kier alpha value is -4.73. The molecule has 0 saturated carbocycles. The van der Waals surface area contributed by atoms with Gasteiger partial charge in [0.1, 0.15) is 34.1 Å². The van der Waals surface area contributed by atoms with E-state index in [4.69, 9.17) is 30.5 Å². The molecule has 4 aromatic rings. The predicted molar refractivity (Wildman–Crippen MR) is 176 cm³/mol. The Kier molecular flexibility index (Phi) is 10.1. The van der Waals surface area contributed by atoms with Crippen molar-refractivity contribution in [2.75, 3.05) is 64.4 Å². The van der Waals surface area contributed by atoms with Gasteiger partial charge in [-0.1, -0.05) is 41.9 Å². The fourth-order valence-electron chi connectivity index (χ4n) is 5.52. The van der Waals surface area contributed by atoms with Crippen LogP contribution in [-0.4, -0.2) is 71.3 Å². The molecule has 9 nitrogen and oxygen atoms in total. The number of carbonyl (C=O) groups is 2. The van der Waals surface area contributed by atoms with E-state index in [1.165, 1.54) is 28.4 Å². The van der Waals surface area contributed by atoms with E-state index in [9.17, 15) is 9.59 Å². The largest absolute Gasteiger partial charge is 0.496 e. The molecule has 45 heavy (non-hydrogen) atoms. The van der Waals surface area contributed by atoms with Gasteiger partial charge >= 0.3 is 0 Å². The van der Waals surface area contributed by atoms with Gasteiger partial charge in [0, 0.05) is 43.4 Å². The standard InChI is InChI=1S/C35H36ClN3O6/c1-42-28-11-7-12-29(43-2)32(28)34(40)39(35(41)33-30(44-3)13-8-14-31(33)45-4)26-17-15-25(16-18-26)38-21-19-37(20-22-38)23-24-9-5-6-10-27(24)36/h5-18H,19-23H2,1-4H3. The zero-order valence-corrected chi connectivity index (χ0v) is 26.5. The van der Waals surface area contributed by atoms with Gasteiger partial charge in [-0.25, -0.2) is 4.90 Å². The number of amides is 2. The lowest BCUT2D eigenvalue weighted by molar-refractivity contribution is 0.0891. The van der Waals surface area contributed by atoms with Gasteiger partial charge in [-0.3, -0.25) is 14.5 Å². The van der Waals surface area contributed by atoms with Gasteiger partial charge in [-0.05, 0) is 60.2 Å². The second-order valence-corrected chi connectivity index (χ2v) is 10.8. The van der Waals surface area contributed by atoms with Crippen molar-refractivity contribution >= 4 is 34.8 Å². The summed E-state index contributed by atoms with van der Waals surface area (Å²) in [6.45, 7) is 4.18. The summed E-state index contributed by atoms with van der Waals surface area (Å²) in [5.74, 6) is -0.150. The Morgan fingerprint density at radius 2 is 1.11 bits per heavy atom. The number of imide groups is 1. The molecule has 10 heteroatoms. The number of halogens is 1. The smallest absolute Gasteiger partial charge is 0.272 e. The summed E-state index contributed by atoms with van der Waals surface area (Å²) in [7, 11) is 5.85. The van der Waals surface area contributed by atoms with Crippen LogP contribution in [0.25, 0.3) is 0 Å². The van der Waals surface area contributed by atoms with Crippen LogP contribution in [0, 0.1) is 0 Å². The van der Waals surface area contributed by atoms with Crippen LogP contribution < -0.4 is 28.7 Å². The van der Waals surface area contributed by atoms with Gasteiger partial charge in [-0.2, -0.15) is 0 Å². The molecule has 0 radical (unpaired) electrons. The van der Waals surface area contributed by atoms with Crippen molar-refractivity contribution in [3.8, 4) is 23.0 Å². The van der Waals surface area contributed by atoms with Crippen LogP contribution in [0.5, 0.6) is 23.0 Å². The number of nitrogens with zero attached hydrogens (tertiary/aromatic N) is 3. The highest BCUT2D eigenvalue weighted by Crippen LogP contribution is 2.36. The topological polar surface area (TPSA) is 80.8 Å². The molecule has 0 N–H and O–H groups in total. The van der Waals surface area contributed by atoms with Crippen LogP contribution in [0.3, 0.4) is 0 Å². The Bertz CT molecular complexity index is 1540. The van der Waals surface area contributed by atoms with Crippen LogP contribution in [0.15, 0.2) is 84.9 Å². The van der Waals surface area contributed by atoms with Crippen molar-refractivity contribution in [3.05, 3.63) is 107 Å². The molecular formula is C35H36ClN3O6. The molecule has 1 aliphatic rings. The maximum atomic E-state index is 14.4. The van der Waals surface area contributed by atoms with E-state index >= 15 is 0 Å². The molecule has 0 bridgehead atoms. The van der Waals surface area contributed by atoms with E-state index in [1.807, 2.05) is 30.3 Å². The zero-order valence-electron chi connectivity index (χ0n) is 25.8. The SMILES string of the molecule is COc1cccc(OC)c1C(=O)N(C(=O)c1c(OC)cccc1OC)c1ccc(N2CCN(Cc3ccccc3Cl)CC2)cc1. The third kappa shape index (κ3) is 6.69. The number of rotatable bonds is 10. The van der Waals surface area contributed by atoms with Crippen molar-refractivity contribution in [2.45, 2.75) is 6.54 Å². The number of hydrogen-bond donors (Lipinski definition) is 0. The summed E-state index contributed by atoms with van der Waals surface area (Å²) in [6.07, 6.45) is 0. The lowest BCUT2D eigenvalue weighted by Gasteiger charge is -2.36. The highest BCUT2D eigenvalue weighted by atomic mass is 35.5. The first-order valence-corrected chi connectivity index (χ1v) is 14.9. The number of piperazine rings is 1. The van der Waals surface area contributed by atoms with Gasteiger partial charge in [0.25, 0.3) is 11.8 Å². The summed E-state index contributed by atoms with van der Waals surface area (Å²) >= 11 is 6.38. The van der Waals surface area contributed by atoms with Crippen molar-refractivity contribution in [1.82, 2.24) is 4.90 Å². The molecule has 0 atom stereocenters. The minimum absolute atomic E-state index is 0.114. The maximum Gasteiger partial charge on any atom is 0.272 e. The van der Waals surface area contributed by atoms with Gasteiger partial charge in [0.05, 0.1) is 34.1 Å². The number of methoxy groups -OCH3 is 4. The quantitative estimate of drug-likeness (QED) is 0.192. The molecule has 234 valence electrons. The van der Waals surface area contributed by atoms with Crippen molar-refractivity contribution in [2.24, 2.45) is 0 Å². The normalized spacial score (nSPS) is 13.2. The molecule has 1 aliphatic heterocycles. The number of benzene rings is 4. The molecule has 1 fully saturated rings. The van der Waals surface area contributed by atoms with Gasteiger partial charge in [0.15, 0.2) is 0 Å². The van der Waals surface area contributed by atoms with E-state index in [2.05, 4.69) is 15.9 Å². The summed E-state index contributed by atoms with van der Waals surface area (Å²) in [5.41, 5.74) is 2.70. The highest BCUT2D eigenvalue weighted by molar-refractivity contribution is 6.31. The fourth-order valence-corrected chi connectivity index (χ4v) is 5.71. The summed E-state index contributed by atoms with van der Waals surface area (Å²) in [4.78, 5) is 34.5. The Labute approximate surface area is 268 Å². The first-order valence-electron chi connectivity index (χ1n) is 14.5. The molecule has 1 heterocycles. The van der Waals surface area contributed by atoms with E-state index in [-0.39, 0.29) is 34.1 Å². The minimum Gasteiger partial charge on any atom is -0.496 e. The van der Waals surface area contributed by atoms with E-state index in [1.54, 1.807) is 48.5 Å². The van der Waals surface area contributed by atoms with E-state index in [0.717, 1.165) is 53.9 Å². The Morgan fingerprint density at radius 1 is 0.644 bits per heavy atom. The molecule has 1 saturated heterocycles. The number of carbonyl (C=O) groups excluding carboxylic acids is 2. The highest BCUT2D eigenvalue weighted by Gasteiger charge is 2.34. The third-order valence-corrected chi connectivity index (χ3v) is 8.26. The second kappa shape index (κ2) is 14.4. The average Bonchev–Trinajstić information content (AvgIpc) is 3.09. The van der Waals surface area contributed by atoms with Crippen LogP contribution in [-0.2, 0) is 6.54 Å². The summed E-state index contributed by atoms with van der Waals surface area (Å²) < 4.78 is 22.1. The van der Waals surface area contributed by atoms with Gasteiger partial charge in [-0.15, -0.1) is 0 Å². The maximum absolute atomic E-state index is 14.4. The molecule has 0 spiro atoms. The van der Waals surface area contributed by atoms with Crippen molar-refractivity contribution in [3.63, 3.8) is 0 Å². The zero-order chi connectivity index (χ0) is 31.9. The van der Waals surface area contributed by atoms with Crippen LogP contribution in [0.1, 0.15) is 26.3 Å². The van der Waals surface area contributed by atoms with Gasteiger partial charge in [0.2, 0.25) is 0 Å². The molecule has 0 aromatic heterocycles. The minimum atomic E-state index is -0.622. The molecular weight excluding hydrogens is 594 g/mol. The predicted octanol–water partition coefficient (Wildman–Crippen LogP) is 6.18. The Balaban J connectivity index is 1.46. The van der Waals surface area contributed by atoms with Crippen molar-refractivity contribution in [1.29, 1.82) is 0 Å². The fraction of sp³-hybridized carbons (Fsp3) is 0.257. The lowest BCUT2D eigenvalue weighted by atomic mass is 10.1. The summed E-state index contributed by atoms with van der Waals surface area (Å²) in [5, 5.41) is 0.778. The van der Waals surface area contributed by atoms with E-state index < -0.39 is 11.8 Å². The third-order valence-electron chi connectivity index (χ3n) is 7.89. The molecule has 0 aliphatic carbocycles. The molecule has 5 rings (SSSR count). The van der Waals surface area contributed by atoms with Crippen LogP contribution >= 0.6 is 11.6 Å². The summed E-state index contributed by atoms with van der Waals surface area (Å²) in [6, 6.07) is 25.3.